The second-order valence-electron chi connectivity index (χ2n) is 6.82. The molecule has 0 radical (unpaired) electrons. The lowest BCUT2D eigenvalue weighted by molar-refractivity contribution is -0.0112. The molecule has 0 bridgehead atoms. The molecule has 0 amide bonds. The fourth-order valence-electron chi connectivity index (χ4n) is 3.41. The molecule has 9 heteroatoms. The van der Waals surface area contributed by atoms with E-state index in [9.17, 15) is 13.9 Å². The number of halogens is 2. The highest BCUT2D eigenvalue weighted by Gasteiger charge is 2.40. The minimum absolute atomic E-state index is 0.0128. The first-order valence-corrected chi connectivity index (χ1v) is 8.93. The predicted molar refractivity (Wildman–Crippen MR) is 101 cm³/mol. The van der Waals surface area contributed by atoms with Crippen molar-refractivity contribution in [2.75, 3.05) is 0 Å². The van der Waals surface area contributed by atoms with Gasteiger partial charge >= 0.3 is 0 Å². The van der Waals surface area contributed by atoms with Crippen molar-refractivity contribution in [3.63, 3.8) is 0 Å². The van der Waals surface area contributed by atoms with E-state index in [2.05, 4.69) is 25.3 Å². The fraction of sp³-hybridized carbons (Fsp3) is 0.200. The van der Waals surface area contributed by atoms with Gasteiger partial charge in [0.15, 0.2) is 5.82 Å². The van der Waals surface area contributed by atoms with Crippen LogP contribution in [0, 0.1) is 11.6 Å². The van der Waals surface area contributed by atoms with E-state index in [0.29, 0.717) is 5.82 Å². The maximum atomic E-state index is 14.6. The molecule has 4 rings (SSSR count). The zero-order valence-corrected chi connectivity index (χ0v) is 15.5. The van der Waals surface area contributed by atoms with Gasteiger partial charge < -0.3 is 5.11 Å². The fourth-order valence-corrected chi connectivity index (χ4v) is 3.41. The molecule has 0 saturated carbocycles. The van der Waals surface area contributed by atoms with Gasteiger partial charge in [0.1, 0.15) is 36.2 Å². The Labute approximate surface area is 165 Å². The minimum Gasteiger partial charge on any atom is -0.382 e. The standard InChI is InChI=1S/C20H18F2N6O/c1-13(14-2-4-15(5-3-14)19-24-11-25-27-19)20(29,9-28-12-23-10-26-28)17-7-6-16(21)8-18(17)22/h2-8,10-13,29H,9H2,1H3,(H,24,25,27)/t13-,20+/m0/s1. The Balaban J connectivity index is 1.74. The molecule has 2 aromatic heterocycles. The average Bonchev–Trinajstić information content (AvgIpc) is 3.41. The molecular formula is C20H18F2N6O. The lowest BCUT2D eigenvalue weighted by Crippen LogP contribution is -2.38. The van der Waals surface area contributed by atoms with Crippen LogP contribution in [0.25, 0.3) is 11.4 Å². The van der Waals surface area contributed by atoms with E-state index < -0.39 is 23.2 Å². The van der Waals surface area contributed by atoms with Crippen LogP contribution in [0.2, 0.25) is 0 Å². The van der Waals surface area contributed by atoms with Crippen LogP contribution in [0.3, 0.4) is 0 Å². The Morgan fingerprint density at radius 3 is 2.55 bits per heavy atom. The second-order valence-corrected chi connectivity index (χ2v) is 6.82. The molecule has 148 valence electrons. The Hall–Kier alpha value is -3.46. The van der Waals surface area contributed by atoms with Gasteiger partial charge in [0.05, 0.1) is 6.54 Å². The summed E-state index contributed by atoms with van der Waals surface area (Å²) in [4.78, 5) is 7.99. The quantitative estimate of drug-likeness (QED) is 0.523. The zero-order valence-electron chi connectivity index (χ0n) is 15.5. The van der Waals surface area contributed by atoms with Gasteiger partial charge in [0.25, 0.3) is 0 Å². The van der Waals surface area contributed by atoms with Crippen molar-refractivity contribution in [2.45, 2.75) is 25.0 Å². The molecule has 29 heavy (non-hydrogen) atoms. The Bertz CT molecular complexity index is 1080. The van der Waals surface area contributed by atoms with Gasteiger partial charge in [-0.3, -0.25) is 5.10 Å². The summed E-state index contributed by atoms with van der Waals surface area (Å²) in [5.41, 5.74) is -0.119. The molecule has 2 aromatic carbocycles. The summed E-state index contributed by atoms with van der Waals surface area (Å²) in [7, 11) is 0. The third-order valence-electron chi connectivity index (χ3n) is 5.08. The summed E-state index contributed by atoms with van der Waals surface area (Å²) >= 11 is 0. The molecule has 0 aliphatic heterocycles. The number of aromatic nitrogens is 6. The molecule has 7 nitrogen and oxygen atoms in total. The monoisotopic (exact) mass is 396 g/mol. The molecule has 0 aliphatic carbocycles. The van der Waals surface area contributed by atoms with Gasteiger partial charge in [-0.2, -0.15) is 10.2 Å². The van der Waals surface area contributed by atoms with Crippen LogP contribution in [0.15, 0.2) is 61.4 Å². The number of nitrogens with zero attached hydrogens (tertiary/aromatic N) is 5. The minimum atomic E-state index is -1.70. The molecule has 4 aromatic rings. The summed E-state index contributed by atoms with van der Waals surface area (Å²) < 4.78 is 29.5. The van der Waals surface area contributed by atoms with Gasteiger partial charge in [-0.25, -0.2) is 23.4 Å². The Morgan fingerprint density at radius 2 is 1.93 bits per heavy atom. The zero-order chi connectivity index (χ0) is 20.4. The van der Waals surface area contributed by atoms with Crippen LogP contribution in [0.4, 0.5) is 8.78 Å². The molecular weight excluding hydrogens is 378 g/mol. The number of hydrogen-bond donors (Lipinski definition) is 2. The molecule has 0 fully saturated rings. The van der Waals surface area contributed by atoms with E-state index in [1.54, 1.807) is 6.92 Å². The SMILES string of the molecule is C[C@@H](c1ccc(-c2ncn[nH]2)cc1)[C@](O)(Cn1cncn1)c1ccc(F)cc1F. The highest BCUT2D eigenvalue weighted by molar-refractivity contribution is 5.55. The lowest BCUT2D eigenvalue weighted by Gasteiger charge is -2.35. The molecule has 0 saturated heterocycles. The molecule has 2 atom stereocenters. The molecule has 2 heterocycles. The van der Waals surface area contributed by atoms with Crippen molar-refractivity contribution in [3.05, 3.63) is 84.2 Å². The first-order chi connectivity index (χ1) is 14.0. The number of hydrogen-bond acceptors (Lipinski definition) is 5. The van der Waals surface area contributed by atoms with Crippen molar-refractivity contribution in [1.29, 1.82) is 0 Å². The topological polar surface area (TPSA) is 92.5 Å². The number of aromatic amines is 1. The average molecular weight is 396 g/mol. The van der Waals surface area contributed by atoms with Crippen molar-refractivity contribution in [2.24, 2.45) is 0 Å². The van der Waals surface area contributed by atoms with Crippen molar-refractivity contribution in [3.8, 4) is 11.4 Å². The predicted octanol–water partition coefficient (Wildman–Crippen LogP) is 3.03. The van der Waals surface area contributed by atoms with E-state index in [1.807, 2.05) is 24.3 Å². The molecule has 2 N–H and O–H groups in total. The van der Waals surface area contributed by atoms with Crippen LogP contribution < -0.4 is 0 Å². The van der Waals surface area contributed by atoms with Gasteiger partial charge in [-0.15, -0.1) is 0 Å². The summed E-state index contributed by atoms with van der Waals surface area (Å²) in [6.45, 7) is 1.73. The van der Waals surface area contributed by atoms with Crippen LogP contribution in [-0.2, 0) is 12.1 Å². The first-order valence-electron chi connectivity index (χ1n) is 8.93. The van der Waals surface area contributed by atoms with Gasteiger partial charge in [-0.1, -0.05) is 37.3 Å². The molecule has 0 unspecified atom stereocenters. The van der Waals surface area contributed by atoms with Gasteiger partial charge in [0, 0.05) is 23.1 Å². The summed E-state index contributed by atoms with van der Waals surface area (Å²) in [5, 5.41) is 22.3. The van der Waals surface area contributed by atoms with E-state index in [4.69, 9.17) is 0 Å². The largest absolute Gasteiger partial charge is 0.382 e. The second kappa shape index (κ2) is 7.51. The maximum Gasteiger partial charge on any atom is 0.155 e. The Kier molecular flexibility index (Phi) is 4.89. The lowest BCUT2D eigenvalue weighted by atomic mass is 9.78. The van der Waals surface area contributed by atoms with Crippen molar-refractivity contribution in [1.82, 2.24) is 29.9 Å². The number of benzene rings is 2. The number of nitrogens with one attached hydrogen (secondary N) is 1. The molecule has 0 spiro atoms. The number of rotatable bonds is 6. The smallest absolute Gasteiger partial charge is 0.155 e. The van der Waals surface area contributed by atoms with Crippen molar-refractivity contribution >= 4 is 0 Å². The van der Waals surface area contributed by atoms with E-state index in [0.717, 1.165) is 23.3 Å². The van der Waals surface area contributed by atoms with Crippen LogP contribution in [0.1, 0.15) is 24.0 Å². The number of H-pyrrole nitrogens is 1. The first kappa shape index (κ1) is 18.9. The van der Waals surface area contributed by atoms with E-state index >= 15 is 0 Å². The highest BCUT2D eigenvalue weighted by Crippen LogP contribution is 2.40. The maximum absolute atomic E-state index is 14.6. The third-order valence-corrected chi connectivity index (χ3v) is 5.08. The third kappa shape index (κ3) is 3.64. The van der Waals surface area contributed by atoms with Gasteiger partial charge in [-0.05, 0) is 11.6 Å². The highest BCUT2D eigenvalue weighted by atomic mass is 19.1. The van der Waals surface area contributed by atoms with Crippen LogP contribution in [-0.4, -0.2) is 35.1 Å². The van der Waals surface area contributed by atoms with Crippen LogP contribution in [0.5, 0.6) is 0 Å². The van der Waals surface area contributed by atoms with E-state index in [1.165, 1.54) is 29.7 Å². The van der Waals surface area contributed by atoms with E-state index in [-0.39, 0.29) is 12.1 Å². The summed E-state index contributed by atoms with van der Waals surface area (Å²) in [6, 6.07) is 10.5. The normalized spacial score (nSPS) is 14.5. The van der Waals surface area contributed by atoms with Crippen LogP contribution >= 0.6 is 0 Å². The molecule has 0 aliphatic rings. The summed E-state index contributed by atoms with van der Waals surface area (Å²) in [5.74, 6) is -1.46. The summed E-state index contributed by atoms with van der Waals surface area (Å²) in [6.07, 6.45) is 4.18. The number of aliphatic hydroxyl groups is 1. The Morgan fingerprint density at radius 1 is 1.14 bits per heavy atom. The van der Waals surface area contributed by atoms with Crippen molar-refractivity contribution < 1.29 is 13.9 Å². The van der Waals surface area contributed by atoms with Gasteiger partial charge in [0.2, 0.25) is 0 Å².